The Balaban J connectivity index is 0.000000374. The van der Waals surface area contributed by atoms with Gasteiger partial charge in [-0.1, -0.05) is 220 Å². The number of benzene rings is 3. The molecule has 1 fully saturated rings. The Hall–Kier alpha value is -3.02. The summed E-state index contributed by atoms with van der Waals surface area (Å²) in [5, 5.41) is 2.13. The molecule has 0 N–H and O–H groups in total. The Morgan fingerprint density at radius 1 is 0.597 bits per heavy atom. The van der Waals surface area contributed by atoms with Gasteiger partial charge in [0.15, 0.2) is 0 Å². The van der Waals surface area contributed by atoms with Crippen molar-refractivity contribution in [2.24, 2.45) is 22.7 Å². The summed E-state index contributed by atoms with van der Waals surface area (Å²) in [6.07, 6.45) is 11.5. The topological polar surface area (TPSA) is 13.1 Å². The second-order valence-corrected chi connectivity index (χ2v) is 24.4. The van der Waals surface area contributed by atoms with Gasteiger partial charge in [-0.25, -0.2) is 8.78 Å². The molecule has 0 unspecified atom stereocenters. The van der Waals surface area contributed by atoms with E-state index in [1.165, 1.54) is 64.7 Å². The zero-order valence-electron chi connectivity index (χ0n) is 41.9. The highest BCUT2D eigenvalue weighted by molar-refractivity contribution is 9.10. The summed E-state index contributed by atoms with van der Waals surface area (Å²) in [4.78, 5) is 1.46. The Morgan fingerprint density at radius 2 is 1.16 bits per heavy atom. The number of hydrogen-bond acceptors (Lipinski definition) is 2. The molecule has 0 saturated heterocycles. The van der Waals surface area contributed by atoms with E-state index in [1.54, 1.807) is 6.26 Å². The summed E-state index contributed by atoms with van der Waals surface area (Å²) in [5.41, 5.74) is 4.39. The number of halogens is 3. The first kappa shape index (κ1) is 57.0. The second kappa shape index (κ2) is 26.7. The summed E-state index contributed by atoms with van der Waals surface area (Å²) in [7, 11) is 0. The first-order valence-corrected chi connectivity index (χ1v) is 24.5. The fraction of sp³-hybridized carbons (Fsp3) is 0.544. The van der Waals surface area contributed by atoms with Gasteiger partial charge in [-0.05, 0) is 105 Å². The van der Waals surface area contributed by atoms with E-state index in [-0.39, 0.29) is 10.8 Å². The van der Waals surface area contributed by atoms with E-state index in [9.17, 15) is 8.78 Å². The standard InChI is InChI=1S/C11H15Br.C11H16.C10H12F2.C9H18.C8H12O.C8H12S/c1-11(2,3)8-9-5-4-6-10(12)7-9;1-11(2,3)9-10-7-5-4-6-8-10;1-10(2,3)8-5-4-7(11)6-9(8)12;1-8(2)9-6-4-3-5-7-9;2*1-8(2,3)7-5-4-6-9-7/h4-7H,8H2,1-3H3;4-8H,9H2,1-3H3;4-6H,1-3H3;8-9H,3-7H2,1-2H3;2*4-6H,1-3H3. The van der Waals surface area contributed by atoms with Gasteiger partial charge in [0.2, 0.25) is 0 Å². The number of furan rings is 1. The van der Waals surface area contributed by atoms with Crippen LogP contribution >= 0.6 is 27.3 Å². The molecule has 3 aromatic carbocycles. The molecule has 6 rings (SSSR count). The van der Waals surface area contributed by atoms with Gasteiger partial charge < -0.3 is 4.42 Å². The molecule has 0 atom stereocenters. The monoisotopic (exact) mass is 935 g/mol. The molecule has 0 bridgehead atoms. The van der Waals surface area contributed by atoms with E-state index in [1.807, 2.05) is 44.2 Å². The molecule has 1 aliphatic rings. The van der Waals surface area contributed by atoms with Crippen LogP contribution in [-0.2, 0) is 29.1 Å². The quantitative estimate of drug-likeness (QED) is 0.176. The molecular formula is C57H85BrF2OS. The van der Waals surface area contributed by atoms with Crippen LogP contribution in [0.3, 0.4) is 0 Å². The molecule has 1 nitrogen and oxygen atoms in total. The van der Waals surface area contributed by atoms with Crippen LogP contribution in [0.15, 0.2) is 118 Å². The maximum atomic E-state index is 13.1. The van der Waals surface area contributed by atoms with Crippen LogP contribution in [0.1, 0.15) is 177 Å². The minimum Gasteiger partial charge on any atom is -0.469 e. The summed E-state index contributed by atoms with van der Waals surface area (Å²) < 4.78 is 32.0. The first-order chi connectivity index (χ1) is 28.5. The van der Waals surface area contributed by atoms with Crippen LogP contribution < -0.4 is 0 Å². The second-order valence-electron chi connectivity index (χ2n) is 22.6. The summed E-state index contributed by atoms with van der Waals surface area (Å²) >= 11 is 5.30. The smallest absolute Gasteiger partial charge is 0.129 e. The van der Waals surface area contributed by atoms with Crippen molar-refractivity contribution in [3.8, 4) is 0 Å². The highest BCUT2D eigenvalue weighted by Crippen LogP contribution is 2.30. The molecule has 0 aliphatic heterocycles. The fourth-order valence-corrected chi connectivity index (χ4v) is 8.04. The van der Waals surface area contributed by atoms with E-state index >= 15 is 0 Å². The van der Waals surface area contributed by atoms with Gasteiger partial charge in [-0.15, -0.1) is 11.3 Å². The van der Waals surface area contributed by atoms with Gasteiger partial charge in [-0.2, -0.15) is 0 Å². The SMILES string of the molecule is CC(C)(C)Cc1cccc(Br)c1.CC(C)(C)Cc1ccccc1.CC(C)(C)c1ccc(F)cc1F.CC(C)(C)c1ccco1.CC(C)(C)c1cccs1.CC(C)C1CCCCC1. The average Bonchev–Trinajstić information content (AvgIpc) is 3.89. The van der Waals surface area contributed by atoms with Crippen LogP contribution in [0.2, 0.25) is 0 Å². The zero-order valence-corrected chi connectivity index (χ0v) is 44.3. The minimum absolute atomic E-state index is 0.156. The molecule has 2 aromatic heterocycles. The zero-order chi connectivity index (χ0) is 47.4. The average molecular weight is 936 g/mol. The Kier molecular flexibility index (Phi) is 24.5. The van der Waals surface area contributed by atoms with Gasteiger partial charge in [0, 0.05) is 20.8 Å². The molecular weight excluding hydrogens is 851 g/mol. The third kappa shape index (κ3) is 26.6. The van der Waals surface area contributed by atoms with Crippen molar-refractivity contribution in [3.05, 3.63) is 152 Å². The van der Waals surface area contributed by atoms with Gasteiger partial charge in [0.05, 0.1) is 6.26 Å². The molecule has 346 valence electrons. The van der Waals surface area contributed by atoms with E-state index in [0.717, 1.165) is 36.5 Å². The van der Waals surface area contributed by atoms with E-state index < -0.39 is 11.6 Å². The van der Waals surface area contributed by atoms with E-state index in [4.69, 9.17) is 4.42 Å². The first-order valence-electron chi connectivity index (χ1n) is 22.8. The molecule has 0 amide bonds. The molecule has 5 heteroatoms. The highest BCUT2D eigenvalue weighted by Gasteiger charge is 2.19. The van der Waals surface area contributed by atoms with Crippen molar-refractivity contribution in [2.45, 2.75) is 179 Å². The van der Waals surface area contributed by atoms with Crippen LogP contribution in [0.5, 0.6) is 0 Å². The maximum Gasteiger partial charge on any atom is 0.129 e. The molecule has 0 spiro atoms. The largest absolute Gasteiger partial charge is 0.469 e. The van der Waals surface area contributed by atoms with Crippen LogP contribution in [0, 0.1) is 34.3 Å². The summed E-state index contributed by atoms with van der Waals surface area (Å²) in [5.74, 6) is 2.04. The Labute approximate surface area is 392 Å². The molecule has 62 heavy (non-hydrogen) atoms. The third-order valence-corrected chi connectivity index (χ3v) is 11.8. The van der Waals surface area contributed by atoms with E-state index in [0.29, 0.717) is 21.8 Å². The van der Waals surface area contributed by atoms with Crippen LogP contribution in [0.4, 0.5) is 8.78 Å². The normalized spacial score (nSPS) is 13.4. The number of rotatable bonds is 3. The van der Waals surface area contributed by atoms with Gasteiger partial charge in [0.25, 0.3) is 0 Å². The lowest BCUT2D eigenvalue weighted by atomic mass is 9.82. The molecule has 0 radical (unpaired) electrons. The molecule has 1 saturated carbocycles. The third-order valence-electron chi connectivity index (χ3n) is 10.1. The van der Waals surface area contributed by atoms with E-state index in [2.05, 4.69) is 185 Å². The number of hydrogen-bond donors (Lipinski definition) is 0. The lowest BCUT2D eigenvalue weighted by Crippen LogP contribution is -2.13. The highest BCUT2D eigenvalue weighted by atomic mass is 79.9. The predicted octanol–water partition coefficient (Wildman–Crippen LogP) is 19.4. The van der Waals surface area contributed by atoms with Crippen molar-refractivity contribution in [2.75, 3.05) is 0 Å². The minimum atomic E-state index is -0.527. The van der Waals surface area contributed by atoms with Crippen molar-refractivity contribution < 1.29 is 13.2 Å². The van der Waals surface area contributed by atoms with Crippen LogP contribution in [0.25, 0.3) is 0 Å². The molecule has 5 aromatic rings. The molecule has 2 heterocycles. The van der Waals surface area contributed by atoms with Gasteiger partial charge in [-0.3, -0.25) is 0 Å². The fourth-order valence-electron chi connectivity index (χ4n) is 6.78. The van der Waals surface area contributed by atoms with Crippen LogP contribution in [-0.4, -0.2) is 0 Å². The Bertz CT molecular complexity index is 1830. The Morgan fingerprint density at radius 3 is 1.53 bits per heavy atom. The van der Waals surface area contributed by atoms with Crippen molar-refractivity contribution in [1.29, 1.82) is 0 Å². The summed E-state index contributed by atoms with van der Waals surface area (Å²) in [6, 6.07) is 31.0. The van der Waals surface area contributed by atoms with Gasteiger partial charge >= 0.3 is 0 Å². The summed E-state index contributed by atoms with van der Waals surface area (Å²) in [6.45, 7) is 37.1. The number of thiophene rings is 1. The van der Waals surface area contributed by atoms with Crippen molar-refractivity contribution in [1.82, 2.24) is 0 Å². The van der Waals surface area contributed by atoms with Gasteiger partial charge in [0.1, 0.15) is 17.4 Å². The maximum absolute atomic E-state index is 13.1. The van der Waals surface area contributed by atoms with Crippen molar-refractivity contribution in [3.63, 3.8) is 0 Å². The lowest BCUT2D eigenvalue weighted by Gasteiger charge is -2.24. The molecule has 1 aliphatic carbocycles. The predicted molar refractivity (Wildman–Crippen MR) is 274 cm³/mol. The lowest BCUT2D eigenvalue weighted by molar-refractivity contribution is 0.279. The van der Waals surface area contributed by atoms with Crippen molar-refractivity contribution >= 4 is 27.3 Å².